The van der Waals surface area contributed by atoms with Crippen molar-refractivity contribution in [3.05, 3.63) is 138 Å². The van der Waals surface area contributed by atoms with Gasteiger partial charge in [0, 0.05) is 40.1 Å². The maximum absolute atomic E-state index is 2.51. The van der Waals surface area contributed by atoms with Crippen LogP contribution in [0.4, 0.5) is 17.1 Å². The lowest BCUT2D eigenvalue weighted by molar-refractivity contribution is -0.645. The van der Waals surface area contributed by atoms with Gasteiger partial charge in [0.1, 0.15) is 0 Å². The minimum absolute atomic E-state index is 0.174. The fourth-order valence-corrected chi connectivity index (χ4v) is 6.97. The topological polar surface area (TPSA) is 7.12 Å². The fraction of sp³-hybridized carbons (Fsp3) is 0.0833. The van der Waals surface area contributed by atoms with E-state index in [0.717, 1.165) is 6.54 Å². The smallest absolute Gasteiger partial charge is 0.247 e. The van der Waals surface area contributed by atoms with Gasteiger partial charge >= 0.3 is 0 Å². The Kier molecular flexibility index (Phi) is 4.84. The van der Waals surface area contributed by atoms with Crippen LogP contribution in [0.5, 0.6) is 0 Å². The average molecular weight is 499 g/mol. The van der Waals surface area contributed by atoms with Crippen molar-refractivity contribution in [3.63, 3.8) is 0 Å². The number of benzene rings is 5. The number of hydrogen-bond donors (Lipinski definition) is 0. The van der Waals surface area contributed by atoms with Crippen molar-refractivity contribution in [2.24, 2.45) is 0 Å². The standard InChI is InChI=1S/C36H28BN2/c1-24-11-10-12-25(2)36(24)37-30-16-7-9-18-34(30)39(28-14-4-3-5-15-28)35-22-29-27(21-31(35)37)23-38-32-17-8-6-13-26(32)19-20-33(29)38/h3-22H,23H2,1-2H3/q+1. The first-order chi connectivity index (χ1) is 19.2. The number of fused-ring (bicyclic) bond motifs is 7. The summed E-state index contributed by atoms with van der Waals surface area (Å²) in [5.74, 6) is 0. The van der Waals surface area contributed by atoms with Crippen molar-refractivity contribution in [1.82, 2.24) is 0 Å². The number of anilines is 3. The predicted molar refractivity (Wildman–Crippen MR) is 164 cm³/mol. The molecule has 6 aromatic rings. The Morgan fingerprint density at radius 2 is 1.38 bits per heavy atom. The molecule has 0 bridgehead atoms. The third kappa shape index (κ3) is 3.26. The molecule has 0 atom stereocenters. The fourth-order valence-electron chi connectivity index (χ4n) is 6.97. The first-order valence-corrected chi connectivity index (χ1v) is 13.8. The summed E-state index contributed by atoms with van der Waals surface area (Å²) in [5, 5.41) is 1.28. The van der Waals surface area contributed by atoms with Crippen LogP contribution in [0.15, 0.2) is 121 Å². The molecule has 3 heteroatoms. The Hall–Kier alpha value is -4.63. The summed E-state index contributed by atoms with van der Waals surface area (Å²) in [5.41, 5.74) is 15.9. The number of rotatable bonds is 2. The van der Waals surface area contributed by atoms with Crippen LogP contribution in [-0.2, 0) is 6.54 Å². The molecule has 0 saturated carbocycles. The zero-order valence-corrected chi connectivity index (χ0v) is 22.2. The number of nitrogens with zero attached hydrogens (tertiary/aromatic N) is 2. The van der Waals surface area contributed by atoms with E-state index in [1.54, 1.807) is 0 Å². The number of aryl methyl sites for hydroxylation is 2. The van der Waals surface area contributed by atoms with Crippen LogP contribution in [0.3, 0.4) is 0 Å². The molecule has 5 aromatic carbocycles. The molecule has 0 aliphatic carbocycles. The van der Waals surface area contributed by atoms with E-state index in [0.29, 0.717) is 0 Å². The average Bonchev–Trinajstić information content (AvgIpc) is 3.34. The van der Waals surface area contributed by atoms with E-state index in [1.807, 2.05) is 0 Å². The van der Waals surface area contributed by atoms with Gasteiger partial charge in [0.25, 0.3) is 0 Å². The van der Waals surface area contributed by atoms with Crippen molar-refractivity contribution >= 4 is 51.1 Å². The molecule has 0 unspecified atom stereocenters. The molecule has 0 radical (unpaired) electrons. The number of hydrogen-bond acceptors (Lipinski definition) is 1. The van der Waals surface area contributed by atoms with Crippen LogP contribution in [0, 0.1) is 13.8 Å². The van der Waals surface area contributed by atoms with Crippen LogP contribution < -0.4 is 25.9 Å². The van der Waals surface area contributed by atoms with E-state index in [4.69, 9.17) is 0 Å². The second kappa shape index (κ2) is 8.44. The maximum Gasteiger partial charge on any atom is 0.247 e. The number of para-hydroxylation sites is 3. The highest BCUT2D eigenvalue weighted by Gasteiger charge is 2.39. The minimum Gasteiger partial charge on any atom is -0.311 e. The van der Waals surface area contributed by atoms with Crippen LogP contribution in [0.2, 0.25) is 0 Å². The van der Waals surface area contributed by atoms with Crippen LogP contribution in [0.25, 0.3) is 22.2 Å². The van der Waals surface area contributed by atoms with Crippen LogP contribution in [0.1, 0.15) is 16.7 Å². The molecule has 0 N–H and O–H groups in total. The van der Waals surface area contributed by atoms with E-state index in [1.165, 1.54) is 72.3 Å². The van der Waals surface area contributed by atoms with Gasteiger partial charge in [0.2, 0.25) is 17.9 Å². The molecule has 0 spiro atoms. The molecular weight excluding hydrogens is 471 g/mol. The summed E-state index contributed by atoms with van der Waals surface area (Å²) in [7, 11) is 0. The molecular formula is C36H28BN2+. The molecule has 0 fully saturated rings. The van der Waals surface area contributed by atoms with Crippen molar-refractivity contribution < 1.29 is 4.57 Å². The molecule has 0 amide bonds. The monoisotopic (exact) mass is 499 g/mol. The second-order valence-corrected chi connectivity index (χ2v) is 10.9. The van der Waals surface area contributed by atoms with E-state index in [9.17, 15) is 0 Å². The first-order valence-electron chi connectivity index (χ1n) is 13.8. The van der Waals surface area contributed by atoms with Gasteiger partial charge in [-0.15, -0.1) is 0 Å². The van der Waals surface area contributed by atoms with Crippen molar-refractivity contribution in [2.75, 3.05) is 4.90 Å². The molecule has 39 heavy (non-hydrogen) atoms. The Morgan fingerprint density at radius 3 is 2.23 bits per heavy atom. The van der Waals surface area contributed by atoms with E-state index in [-0.39, 0.29) is 6.71 Å². The van der Waals surface area contributed by atoms with Gasteiger partial charge in [-0.3, -0.25) is 0 Å². The normalized spacial score (nSPS) is 13.2. The van der Waals surface area contributed by atoms with Gasteiger partial charge in [-0.05, 0) is 61.2 Å². The molecule has 2 nitrogen and oxygen atoms in total. The first kappa shape index (κ1) is 22.4. The van der Waals surface area contributed by atoms with Gasteiger partial charge in [0.05, 0.1) is 5.56 Å². The lowest BCUT2D eigenvalue weighted by Gasteiger charge is -2.38. The highest BCUT2D eigenvalue weighted by atomic mass is 15.2. The molecule has 2 aliphatic rings. The molecule has 3 heterocycles. The van der Waals surface area contributed by atoms with Crippen molar-refractivity contribution in [2.45, 2.75) is 20.4 Å². The summed E-state index contributed by atoms with van der Waals surface area (Å²) in [6.45, 7) is 5.60. The zero-order chi connectivity index (χ0) is 26.1. The maximum atomic E-state index is 2.51. The summed E-state index contributed by atoms with van der Waals surface area (Å²) < 4.78 is 2.49. The molecule has 0 saturated heterocycles. The number of aromatic nitrogens is 1. The predicted octanol–water partition coefficient (Wildman–Crippen LogP) is 6.07. The van der Waals surface area contributed by atoms with Crippen LogP contribution >= 0.6 is 0 Å². The third-order valence-corrected chi connectivity index (χ3v) is 8.68. The Labute approximate surface area is 229 Å². The number of pyridine rings is 1. The molecule has 1 aromatic heterocycles. The van der Waals surface area contributed by atoms with Gasteiger partial charge < -0.3 is 4.90 Å². The van der Waals surface area contributed by atoms with Gasteiger partial charge in [-0.2, -0.15) is 4.57 Å². The van der Waals surface area contributed by atoms with Crippen molar-refractivity contribution in [3.8, 4) is 11.3 Å². The molecule has 184 valence electrons. The summed E-state index contributed by atoms with van der Waals surface area (Å²) in [6, 6.07) is 44.8. The quantitative estimate of drug-likeness (QED) is 0.207. The SMILES string of the molecule is Cc1cccc(C)c1B1c2ccccc2N(c2ccccc2)c2cc3c(cc21)C[n+]1c-3ccc2ccccc21. The lowest BCUT2D eigenvalue weighted by atomic mass is 9.33. The Morgan fingerprint density at radius 1 is 0.641 bits per heavy atom. The van der Waals surface area contributed by atoms with Gasteiger partial charge in [-0.25, -0.2) is 0 Å². The molecule has 8 rings (SSSR count). The van der Waals surface area contributed by atoms with E-state index in [2.05, 4.69) is 145 Å². The van der Waals surface area contributed by atoms with E-state index < -0.39 is 0 Å². The highest BCUT2D eigenvalue weighted by molar-refractivity contribution is 6.98. The zero-order valence-electron chi connectivity index (χ0n) is 22.2. The molecule has 2 aliphatic heterocycles. The van der Waals surface area contributed by atoms with Crippen molar-refractivity contribution in [1.29, 1.82) is 0 Å². The Bertz CT molecular complexity index is 1910. The minimum atomic E-state index is 0.174. The van der Waals surface area contributed by atoms with Gasteiger partial charge in [-0.1, -0.05) is 89.4 Å². The summed E-state index contributed by atoms with van der Waals surface area (Å²) in [4.78, 5) is 2.47. The third-order valence-electron chi connectivity index (χ3n) is 8.68. The second-order valence-electron chi connectivity index (χ2n) is 10.9. The van der Waals surface area contributed by atoms with Crippen LogP contribution in [-0.4, -0.2) is 6.71 Å². The van der Waals surface area contributed by atoms with E-state index >= 15 is 0 Å². The van der Waals surface area contributed by atoms with Gasteiger partial charge in [0.15, 0.2) is 6.54 Å². The highest BCUT2D eigenvalue weighted by Crippen LogP contribution is 2.40. The Balaban J connectivity index is 1.45. The largest absolute Gasteiger partial charge is 0.311 e. The summed E-state index contributed by atoms with van der Waals surface area (Å²) in [6.07, 6.45) is 0. The summed E-state index contributed by atoms with van der Waals surface area (Å²) >= 11 is 0. The lowest BCUT2D eigenvalue weighted by Crippen LogP contribution is -2.58.